The van der Waals surface area contributed by atoms with Crippen molar-refractivity contribution in [1.29, 1.82) is 0 Å². The number of ether oxygens (including phenoxy) is 2. The van der Waals surface area contributed by atoms with Gasteiger partial charge in [0.25, 0.3) is 0 Å². The zero-order valence-corrected chi connectivity index (χ0v) is 22.6. The summed E-state index contributed by atoms with van der Waals surface area (Å²) in [5, 5.41) is 7.11. The van der Waals surface area contributed by atoms with E-state index in [0.29, 0.717) is 12.0 Å². The second kappa shape index (κ2) is 14.0. The Kier molecular flexibility index (Phi) is 11.7. The lowest BCUT2D eigenvalue weighted by Gasteiger charge is -2.31. The molecule has 1 aromatic rings. The molecule has 32 heavy (non-hydrogen) atoms. The van der Waals surface area contributed by atoms with Crippen molar-refractivity contribution in [2.75, 3.05) is 64.9 Å². The summed E-state index contributed by atoms with van der Waals surface area (Å²) in [5.74, 6) is 3.30. The third-order valence-electron chi connectivity index (χ3n) is 6.33. The Labute approximate surface area is 211 Å². The van der Waals surface area contributed by atoms with Crippen LogP contribution in [0.3, 0.4) is 0 Å². The lowest BCUT2D eigenvalue weighted by Crippen LogP contribution is -2.45. The summed E-state index contributed by atoms with van der Waals surface area (Å²) in [6, 6.07) is 6.45. The quantitative estimate of drug-likeness (QED) is 0.274. The van der Waals surface area contributed by atoms with Gasteiger partial charge in [0.1, 0.15) is 11.5 Å². The third kappa shape index (κ3) is 7.86. The summed E-state index contributed by atoms with van der Waals surface area (Å²) in [4.78, 5) is 9.91. The Bertz CT molecular complexity index is 687. The average molecular weight is 560 g/mol. The summed E-state index contributed by atoms with van der Waals surface area (Å²) < 4.78 is 10.9. The molecule has 0 bridgehead atoms. The van der Waals surface area contributed by atoms with Crippen LogP contribution in [0, 0.1) is 5.92 Å². The number of hydrogen-bond acceptors (Lipinski definition) is 5. The number of anilines is 1. The average Bonchev–Trinajstić information content (AvgIpc) is 3.27. The van der Waals surface area contributed by atoms with E-state index in [1.807, 2.05) is 6.07 Å². The van der Waals surface area contributed by atoms with Gasteiger partial charge in [-0.05, 0) is 58.2 Å². The van der Waals surface area contributed by atoms with E-state index in [2.05, 4.69) is 46.4 Å². The van der Waals surface area contributed by atoms with Gasteiger partial charge in [-0.15, -0.1) is 24.0 Å². The zero-order chi connectivity index (χ0) is 22.1. The van der Waals surface area contributed by atoms with Gasteiger partial charge >= 0.3 is 0 Å². The summed E-state index contributed by atoms with van der Waals surface area (Å²) in [6.07, 6.45) is 4.85. The van der Waals surface area contributed by atoms with Crippen molar-refractivity contribution < 1.29 is 9.47 Å². The van der Waals surface area contributed by atoms with Crippen LogP contribution in [0.1, 0.15) is 39.5 Å². The van der Waals surface area contributed by atoms with E-state index in [0.717, 1.165) is 55.7 Å². The molecule has 8 heteroatoms. The van der Waals surface area contributed by atoms with Crippen LogP contribution in [0.25, 0.3) is 0 Å². The number of likely N-dealkylation sites (tertiary alicyclic amines) is 1. The molecule has 2 aliphatic rings. The Balaban J connectivity index is 0.00000363. The van der Waals surface area contributed by atoms with E-state index in [4.69, 9.17) is 14.5 Å². The monoisotopic (exact) mass is 559 g/mol. The highest BCUT2D eigenvalue weighted by molar-refractivity contribution is 14.0. The first kappa shape index (κ1) is 26.8. The number of hydrogen-bond donors (Lipinski definition) is 2. The molecule has 1 aromatic carbocycles. The van der Waals surface area contributed by atoms with Gasteiger partial charge in [0.2, 0.25) is 0 Å². The van der Waals surface area contributed by atoms with Crippen LogP contribution in [0.5, 0.6) is 11.5 Å². The SMILES string of the molecule is CCCN1CCC(CN=C(NCC)NC2CCN(c3cc(OC)cc(OC)c3)C2)CC1.I. The van der Waals surface area contributed by atoms with E-state index in [9.17, 15) is 0 Å². The lowest BCUT2D eigenvalue weighted by molar-refractivity contribution is 0.188. The molecular weight excluding hydrogens is 517 g/mol. The van der Waals surface area contributed by atoms with E-state index in [1.165, 1.54) is 38.9 Å². The maximum absolute atomic E-state index is 5.44. The van der Waals surface area contributed by atoms with E-state index in [1.54, 1.807) is 14.2 Å². The van der Waals surface area contributed by atoms with Gasteiger partial charge in [-0.2, -0.15) is 0 Å². The number of guanidine groups is 1. The largest absolute Gasteiger partial charge is 0.497 e. The molecule has 2 saturated heterocycles. The van der Waals surface area contributed by atoms with Crippen molar-refractivity contribution in [3.63, 3.8) is 0 Å². The standard InChI is InChI=1S/C24H41N5O2.HI/c1-5-10-28-11-7-19(8-12-28)17-26-24(25-6-2)27-20-9-13-29(18-20)21-14-22(30-3)16-23(15-21)31-4;/h14-16,19-20H,5-13,17-18H2,1-4H3,(H2,25,26,27);1H. The van der Waals surface area contributed by atoms with Crippen LogP contribution in [-0.2, 0) is 0 Å². The number of halogens is 1. The molecule has 0 spiro atoms. The minimum absolute atomic E-state index is 0. The van der Waals surface area contributed by atoms with E-state index >= 15 is 0 Å². The molecule has 2 N–H and O–H groups in total. The van der Waals surface area contributed by atoms with Crippen LogP contribution in [0.15, 0.2) is 23.2 Å². The maximum atomic E-state index is 5.44. The molecule has 1 atom stereocenters. The van der Waals surface area contributed by atoms with E-state index in [-0.39, 0.29) is 24.0 Å². The molecule has 7 nitrogen and oxygen atoms in total. The highest BCUT2D eigenvalue weighted by Crippen LogP contribution is 2.30. The molecule has 3 rings (SSSR count). The summed E-state index contributed by atoms with van der Waals surface area (Å²) >= 11 is 0. The predicted octanol–water partition coefficient (Wildman–Crippen LogP) is 3.58. The number of nitrogens with zero attached hydrogens (tertiary/aromatic N) is 3. The fourth-order valence-corrected chi connectivity index (χ4v) is 4.53. The van der Waals surface area contributed by atoms with Gasteiger partial charge in [-0.3, -0.25) is 4.99 Å². The van der Waals surface area contributed by atoms with Crippen molar-refractivity contribution in [3.8, 4) is 11.5 Å². The van der Waals surface area contributed by atoms with Crippen molar-refractivity contribution >= 4 is 35.6 Å². The van der Waals surface area contributed by atoms with Crippen LogP contribution in [-0.4, -0.2) is 76.9 Å². The smallest absolute Gasteiger partial charge is 0.191 e. The topological polar surface area (TPSA) is 61.4 Å². The number of aliphatic imine (C=N–C) groups is 1. The van der Waals surface area contributed by atoms with Crippen molar-refractivity contribution in [3.05, 3.63) is 18.2 Å². The molecular formula is C24H42IN5O2. The fraction of sp³-hybridized carbons (Fsp3) is 0.708. The number of piperidine rings is 1. The third-order valence-corrected chi connectivity index (χ3v) is 6.33. The maximum Gasteiger partial charge on any atom is 0.191 e. The number of nitrogens with one attached hydrogen (secondary N) is 2. The lowest BCUT2D eigenvalue weighted by atomic mass is 9.97. The van der Waals surface area contributed by atoms with Crippen molar-refractivity contribution in [2.45, 2.75) is 45.6 Å². The molecule has 0 saturated carbocycles. The van der Waals surface area contributed by atoms with Crippen molar-refractivity contribution in [2.24, 2.45) is 10.9 Å². The Morgan fingerprint density at radius 3 is 2.31 bits per heavy atom. The van der Waals surface area contributed by atoms with Crippen LogP contribution >= 0.6 is 24.0 Å². The molecule has 0 aliphatic carbocycles. The Morgan fingerprint density at radius 2 is 1.72 bits per heavy atom. The second-order valence-electron chi connectivity index (χ2n) is 8.65. The molecule has 0 amide bonds. The molecule has 2 aliphatic heterocycles. The van der Waals surface area contributed by atoms with Gasteiger partial charge in [0, 0.05) is 56.1 Å². The predicted molar refractivity (Wildman–Crippen MR) is 144 cm³/mol. The first-order chi connectivity index (χ1) is 15.1. The number of benzene rings is 1. The van der Waals surface area contributed by atoms with Crippen LogP contribution in [0.2, 0.25) is 0 Å². The van der Waals surface area contributed by atoms with Crippen molar-refractivity contribution in [1.82, 2.24) is 15.5 Å². The zero-order valence-electron chi connectivity index (χ0n) is 20.2. The van der Waals surface area contributed by atoms with Gasteiger partial charge in [0.15, 0.2) is 5.96 Å². The molecule has 182 valence electrons. The van der Waals surface area contributed by atoms with Gasteiger partial charge in [-0.25, -0.2) is 0 Å². The van der Waals surface area contributed by atoms with Crippen LogP contribution < -0.4 is 25.0 Å². The molecule has 0 radical (unpaired) electrons. The summed E-state index contributed by atoms with van der Waals surface area (Å²) in [6.45, 7) is 11.8. The second-order valence-corrected chi connectivity index (χ2v) is 8.65. The molecule has 0 aromatic heterocycles. The normalized spacial score (nSPS) is 20.1. The Hall–Kier alpha value is -1.42. The molecule has 1 unspecified atom stereocenters. The highest BCUT2D eigenvalue weighted by Gasteiger charge is 2.25. The first-order valence-electron chi connectivity index (χ1n) is 11.9. The van der Waals surface area contributed by atoms with Gasteiger partial charge < -0.3 is 29.9 Å². The molecule has 2 heterocycles. The highest BCUT2D eigenvalue weighted by atomic mass is 127. The fourth-order valence-electron chi connectivity index (χ4n) is 4.53. The number of methoxy groups -OCH3 is 2. The van der Waals surface area contributed by atoms with Gasteiger partial charge in [0.05, 0.1) is 14.2 Å². The minimum Gasteiger partial charge on any atom is -0.497 e. The summed E-state index contributed by atoms with van der Waals surface area (Å²) in [5.41, 5.74) is 1.14. The first-order valence-corrected chi connectivity index (χ1v) is 11.9. The van der Waals surface area contributed by atoms with Crippen LogP contribution in [0.4, 0.5) is 5.69 Å². The van der Waals surface area contributed by atoms with E-state index < -0.39 is 0 Å². The summed E-state index contributed by atoms with van der Waals surface area (Å²) in [7, 11) is 3.39. The number of rotatable bonds is 9. The Morgan fingerprint density at radius 1 is 1.03 bits per heavy atom. The van der Waals surface area contributed by atoms with Gasteiger partial charge in [-0.1, -0.05) is 6.92 Å². The molecule has 2 fully saturated rings. The minimum atomic E-state index is 0.